The summed E-state index contributed by atoms with van der Waals surface area (Å²) in [6, 6.07) is 0. The SMILES string of the molecule is CC(=O)OC(C)=O.[Cu+]. The van der Waals surface area contributed by atoms with E-state index in [1.54, 1.807) is 0 Å². The molecule has 0 aliphatic rings. The number of hydrogen-bond acceptors (Lipinski definition) is 3. The summed E-state index contributed by atoms with van der Waals surface area (Å²) in [7, 11) is 0. The van der Waals surface area contributed by atoms with Crippen LogP contribution in [0.5, 0.6) is 0 Å². The van der Waals surface area contributed by atoms with Crippen molar-refractivity contribution in [1.29, 1.82) is 0 Å². The number of esters is 2. The van der Waals surface area contributed by atoms with Gasteiger partial charge in [0, 0.05) is 13.8 Å². The minimum Gasteiger partial charge on any atom is -0.394 e. The Morgan fingerprint density at radius 1 is 1.12 bits per heavy atom. The van der Waals surface area contributed by atoms with Crippen molar-refractivity contribution in [1.82, 2.24) is 0 Å². The van der Waals surface area contributed by atoms with Gasteiger partial charge in [-0.3, -0.25) is 9.59 Å². The first-order valence-electron chi connectivity index (χ1n) is 1.82. The summed E-state index contributed by atoms with van der Waals surface area (Å²) in [4.78, 5) is 19.6. The maximum absolute atomic E-state index is 9.81. The Hall–Kier alpha value is -0.341. The van der Waals surface area contributed by atoms with Crippen LogP contribution in [0.3, 0.4) is 0 Å². The van der Waals surface area contributed by atoms with Gasteiger partial charge in [-0.1, -0.05) is 0 Å². The summed E-state index contributed by atoms with van der Waals surface area (Å²) in [5.74, 6) is -1.12. The largest absolute Gasteiger partial charge is 1.00 e. The van der Waals surface area contributed by atoms with Crippen molar-refractivity contribution in [2.45, 2.75) is 13.8 Å². The quantitative estimate of drug-likeness (QED) is 0.290. The van der Waals surface area contributed by atoms with Crippen LogP contribution in [0.25, 0.3) is 0 Å². The van der Waals surface area contributed by atoms with Crippen molar-refractivity contribution in [3.63, 3.8) is 0 Å². The predicted octanol–water partition coefficient (Wildman–Crippen LogP) is 0.0935. The maximum atomic E-state index is 9.81. The average Bonchev–Trinajstić information content (AvgIpc) is 1.27. The molecule has 0 heterocycles. The van der Waals surface area contributed by atoms with Gasteiger partial charge in [-0.05, 0) is 0 Å². The van der Waals surface area contributed by atoms with Crippen LogP contribution in [-0.2, 0) is 31.4 Å². The van der Waals surface area contributed by atoms with Crippen LogP contribution in [0.4, 0.5) is 0 Å². The van der Waals surface area contributed by atoms with Crippen molar-refractivity contribution in [2.24, 2.45) is 0 Å². The van der Waals surface area contributed by atoms with E-state index in [-0.39, 0.29) is 17.1 Å². The van der Waals surface area contributed by atoms with E-state index in [4.69, 9.17) is 0 Å². The average molecular weight is 166 g/mol. The normalized spacial score (nSPS) is 6.75. The molecule has 0 fully saturated rings. The fourth-order valence-electron chi connectivity index (χ4n) is 0.202. The molecule has 0 radical (unpaired) electrons. The summed E-state index contributed by atoms with van der Waals surface area (Å²) in [6.07, 6.45) is 0. The van der Waals surface area contributed by atoms with Crippen LogP contribution in [0.1, 0.15) is 13.8 Å². The van der Waals surface area contributed by atoms with Crippen molar-refractivity contribution >= 4 is 11.9 Å². The second-order valence-electron chi connectivity index (χ2n) is 1.09. The Bertz CT molecular complexity index is 87.5. The van der Waals surface area contributed by atoms with Crippen LogP contribution in [0.2, 0.25) is 0 Å². The van der Waals surface area contributed by atoms with Crippen molar-refractivity contribution in [3.8, 4) is 0 Å². The molecule has 0 amide bonds. The van der Waals surface area contributed by atoms with Gasteiger partial charge in [0.2, 0.25) is 0 Å². The summed E-state index contributed by atoms with van der Waals surface area (Å²) in [5, 5.41) is 0. The van der Waals surface area contributed by atoms with Crippen molar-refractivity contribution < 1.29 is 31.4 Å². The van der Waals surface area contributed by atoms with E-state index >= 15 is 0 Å². The van der Waals surface area contributed by atoms with Crippen LogP contribution >= 0.6 is 0 Å². The van der Waals surface area contributed by atoms with Gasteiger partial charge in [0.15, 0.2) is 0 Å². The molecule has 0 aliphatic carbocycles. The van der Waals surface area contributed by atoms with Gasteiger partial charge in [0.05, 0.1) is 0 Å². The fraction of sp³-hybridized carbons (Fsp3) is 0.500. The van der Waals surface area contributed by atoms with Gasteiger partial charge in [-0.25, -0.2) is 0 Å². The number of carbonyl (C=O) groups is 2. The van der Waals surface area contributed by atoms with Crippen molar-refractivity contribution in [2.75, 3.05) is 0 Å². The topological polar surface area (TPSA) is 43.4 Å². The third-order valence-corrected chi connectivity index (χ3v) is 0.287. The molecule has 0 unspecified atom stereocenters. The molecule has 0 atom stereocenters. The first-order valence-corrected chi connectivity index (χ1v) is 1.82. The molecule has 0 saturated heterocycles. The van der Waals surface area contributed by atoms with Gasteiger partial charge >= 0.3 is 29.0 Å². The molecule has 0 aromatic heterocycles. The number of rotatable bonds is 0. The molecule has 0 aromatic carbocycles. The Kier molecular flexibility index (Phi) is 6.38. The molecule has 8 heavy (non-hydrogen) atoms. The molecule has 0 saturated carbocycles. The van der Waals surface area contributed by atoms with Gasteiger partial charge < -0.3 is 4.74 Å². The summed E-state index contributed by atoms with van der Waals surface area (Å²) in [5.41, 5.74) is 0. The predicted molar refractivity (Wildman–Crippen MR) is 22.4 cm³/mol. The monoisotopic (exact) mass is 165 g/mol. The second kappa shape index (κ2) is 4.81. The van der Waals surface area contributed by atoms with E-state index in [0.29, 0.717) is 0 Å². The van der Waals surface area contributed by atoms with E-state index in [1.165, 1.54) is 13.8 Å². The molecule has 0 aliphatic heterocycles. The first-order chi connectivity index (χ1) is 3.13. The second-order valence-corrected chi connectivity index (χ2v) is 1.09. The fourth-order valence-corrected chi connectivity index (χ4v) is 0.202. The Labute approximate surface area is 57.9 Å². The van der Waals surface area contributed by atoms with E-state index < -0.39 is 11.9 Å². The zero-order valence-corrected chi connectivity index (χ0v) is 5.47. The van der Waals surface area contributed by atoms with Crippen LogP contribution in [0.15, 0.2) is 0 Å². The van der Waals surface area contributed by atoms with Crippen molar-refractivity contribution in [3.05, 3.63) is 0 Å². The molecule has 0 spiro atoms. The molecule has 4 heteroatoms. The molecule has 50 valence electrons. The van der Waals surface area contributed by atoms with E-state index in [1.807, 2.05) is 0 Å². The van der Waals surface area contributed by atoms with Crippen LogP contribution < -0.4 is 0 Å². The zero-order chi connectivity index (χ0) is 5.86. The third-order valence-electron chi connectivity index (χ3n) is 0.287. The zero-order valence-electron chi connectivity index (χ0n) is 4.53. The maximum Gasteiger partial charge on any atom is 1.00 e. The van der Waals surface area contributed by atoms with E-state index in [9.17, 15) is 9.59 Å². The molecule has 0 bridgehead atoms. The van der Waals surface area contributed by atoms with Gasteiger partial charge in [0.25, 0.3) is 0 Å². The Balaban J connectivity index is 0. The molecular weight excluding hydrogens is 160 g/mol. The summed E-state index contributed by atoms with van der Waals surface area (Å²) < 4.78 is 3.97. The van der Waals surface area contributed by atoms with Gasteiger partial charge in [-0.2, -0.15) is 0 Å². The first kappa shape index (κ1) is 10.6. The Morgan fingerprint density at radius 2 is 1.38 bits per heavy atom. The third kappa shape index (κ3) is 9.18. The standard InChI is InChI=1S/C4H6O3.Cu/c1-3(5)7-4(2)6;/h1-2H3;/q;+1. The smallest absolute Gasteiger partial charge is 0.394 e. The molecule has 3 nitrogen and oxygen atoms in total. The minimum absolute atomic E-state index is 0. The number of carbonyl (C=O) groups excluding carboxylic acids is 2. The van der Waals surface area contributed by atoms with Gasteiger partial charge in [0.1, 0.15) is 0 Å². The van der Waals surface area contributed by atoms with Crippen LogP contribution in [0, 0.1) is 0 Å². The van der Waals surface area contributed by atoms with Crippen LogP contribution in [-0.4, -0.2) is 11.9 Å². The van der Waals surface area contributed by atoms with E-state index in [0.717, 1.165) is 0 Å². The van der Waals surface area contributed by atoms with E-state index in [2.05, 4.69) is 4.74 Å². The van der Waals surface area contributed by atoms with Gasteiger partial charge in [-0.15, -0.1) is 0 Å². The Morgan fingerprint density at radius 3 is 1.38 bits per heavy atom. The number of ether oxygens (including phenoxy) is 1. The molecule has 0 rings (SSSR count). The molecule has 0 N–H and O–H groups in total. The molecule has 0 aromatic rings. The molecular formula is C4H6CuO3+. The minimum atomic E-state index is -0.562. The summed E-state index contributed by atoms with van der Waals surface area (Å²) >= 11 is 0. The number of hydrogen-bond donors (Lipinski definition) is 0. The summed E-state index contributed by atoms with van der Waals surface area (Å²) in [6.45, 7) is 2.36.